The van der Waals surface area contributed by atoms with Crippen LogP contribution in [0.4, 0.5) is 0 Å². The molecule has 1 amide bonds. The van der Waals surface area contributed by atoms with Crippen LogP contribution in [0.2, 0.25) is 0 Å². The molecule has 2 aliphatic rings. The van der Waals surface area contributed by atoms with E-state index in [0.29, 0.717) is 5.75 Å². The van der Waals surface area contributed by atoms with Gasteiger partial charge in [0.25, 0.3) is 5.91 Å². The van der Waals surface area contributed by atoms with E-state index in [0.717, 1.165) is 31.3 Å². The maximum absolute atomic E-state index is 11.3. The van der Waals surface area contributed by atoms with Gasteiger partial charge in [0, 0.05) is 31.7 Å². The molecule has 4 nitrogen and oxygen atoms in total. The summed E-state index contributed by atoms with van der Waals surface area (Å²) in [6.45, 7) is 8.36. The second-order valence-electron chi connectivity index (χ2n) is 6.22. The summed E-state index contributed by atoms with van der Waals surface area (Å²) in [7, 11) is 0. The fourth-order valence-electron chi connectivity index (χ4n) is 2.91. The van der Waals surface area contributed by atoms with Gasteiger partial charge in [0.15, 0.2) is 5.17 Å². The molecular formula is C16H21N3OS. The molecule has 3 rings (SSSR count). The summed E-state index contributed by atoms with van der Waals surface area (Å²) >= 11 is 1.57. The number of carbonyl (C=O) groups excluding carboxylic acids is 1. The summed E-state index contributed by atoms with van der Waals surface area (Å²) in [6.07, 6.45) is 0. The number of aliphatic imine (C=N–C) groups is 1. The van der Waals surface area contributed by atoms with Gasteiger partial charge in [0.2, 0.25) is 0 Å². The first-order valence-corrected chi connectivity index (χ1v) is 8.31. The van der Waals surface area contributed by atoms with Gasteiger partial charge in [-0.25, -0.2) is 0 Å². The van der Waals surface area contributed by atoms with Gasteiger partial charge in [-0.05, 0) is 19.4 Å². The topological polar surface area (TPSA) is 35.9 Å². The summed E-state index contributed by atoms with van der Waals surface area (Å²) in [5, 5.41) is 0.910. The summed E-state index contributed by atoms with van der Waals surface area (Å²) in [4.78, 5) is 20.2. The number of hydrogen-bond donors (Lipinski definition) is 0. The van der Waals surface area contributed by atoms with E-state index in [1.807, 2.05) is 0 Å². The lowest BCUT2D eigenvalue weighted by Gasteiger charge is -2.47. The Bertz CT molecular complexity index is 556. The van der Waals surface area contributed by atoms with Gasteiger partial charge in [0.1, 0.15) is 0 Å². The molecule has 0 atom stereocenters. The highest BCUT2D eigenvalue weighted by atomic mass is 32.2. The first-order chi connectivity index (χ1) is 10.0. The molecule has 5 heteroatoms. The van der Waals surface area contributed by atoms with Gasteiger partial charge in [0.05, 0.1) is 5.75 Å². The minimum Gasteiger partial charge on any atom is -0.348 e. The Morgan fingerprint density at radius 2 is 2.00 bits per heavy atom. The highest BCUT2D eigenvalue weighted by molar-refractivity contribution is 8.14. The van der Waals surface area contributed by atoms with E-state index in [-0.39, 0.29) is 11.4 Å². The molecule has 0 spiro atoms. The summed E-state index contributed by atoms with van der Waals surface area (Å²) in [6, 6.07) is 10.6. The number of hydrogen-bond acceptors (Lipinski definition) is 4. The van der Waals surface area contributed by atoms with Gasteiger partial charge >= 0.3 is 0 Å². The smallest absolute Gasteiger partial charge is 0.258 e. The second-order valence-corrected chi connectivity index (χ2v) is 7.16. The molecule has 0 bridgehead atoms. The zero-order valence-corrected chi connectivity index (χ0v) is 13.4. The highest BCUT2D eigenvalue weighted by Crippen LogP contribution is 2.27. The van der Waals surface area contributed by atoms with Crippen LogP contribution in [0.1, 0.15) is 19.4 Å². The van der Waals surface area contributed by atoms with Crippen molar-refractivity contribution in [2.24, 2.45) is 4.99 Å². The zero-order valence-electron chi connectivity index (χ0n) is 12.6. The van der Waals surface area contributed by atoms with Crippen molar-refractivity contribution in [2.75, 3.05) is 25.4 Å². The second kappa shape index (κ2) is 5.81. The molecule has 2 heterocycles. The quantitative estimate of drug-likeness (QED) is 0.839. The normalized spacial score (nSPS) is 22.5. The van der Waals surface area contributed by atoms with Crippen molar-refractivity contribution < 1.29 is 4.79 Å². The van der Waals surface area contributed by atoms with Crippen molar-refractivity contribution >= 4 is 22.8 Å². The molecule has 0 radical (unpaired) electrons. The van der Waals surface area contributed by atoms with Crippen LogP contribution >= 0.6 is 11.8 Å². The lowest BCUT2D eigenvalue weighted by atomic mass is 9.98. The molecule has 1 saturated heterocycles. The zero-order chi connectivity index (χ0) is 14.9. The standard InChI is InChI=1S/C16H21N3OS/c1-16(2)12-18(15-17-14(20)11-21-15)8-9-19(16)10-13-6-4-3-5-7-13/h3-7H,8-12H2,1-2H3. The number of amidine groups is 1. The van der Waals surface area contributed by atoms with Crippen molar-refractivity contribution in [1.82, 2.24) is 9.80 Å². The van der Waals surface area contributed by atoms with Gasteiger partial charge in [-0.2, -0.15) is 4.99 Å². The van der Waals surface area contributed by atoms with E-state index >= 15 is 0 Å². The van der Waals surface area contributed by atoms with Crippen LogP contribution in [0.5, 0.6) is 0 Å². The molecule has 0 aromatic heterocycles. The van der Waals surface area contributed by atoms with Crippen molar-refractivity contribution in [3.05, 3.63) is 35.9 Å². The molecule has 1 aromatic rings. The Kier molecular flexibility index (Phi) is 4.04. The Morgan fingerprint density at radius 1 is 1.24 bits per heavy atom. The van der Waals surface area contributed by atoms with Crippen LogP contribution in [0.25, 0.3) is 0 Å². The molecule has 0 saturated carbocycles. The Morgan fingerprint density at radius 3 is 2.62 bits per heavy atom. The fraction of sp³-hybridized carbons (Fsp3) is 0.500. The third-order valence-corrected chi connectivity index (χ3v) is 5.10. The predicted octanol–water partition coefficient (Wildman–Crippen LogP) is 2.21. The van der Waals surface area contributed by atoms with Crippen LogP contribution < -0.4 is 0 Å². The number of thioether (sulfide) groups is 1. The van der Waals surface area contributed by atoms with Crippen LogP contribution in [-0.4, -0.2) is 51.8 Å². The monoisotopic (exact) mass is 303 g/mol. The van der Waals surface area contributed by atoms with Crippen molar-refractivity contribution in [1.29, 1.82) is 0 Å². The highest BCUT2D eigenvalue weighted by Gasteiger charge is 2.36. The van der Waals surface area contributed by atoms with Crippen LogP contribution in [0.15, 0.2) is 35.3 Å². The Labute approximate surface area is 130 Å². The first-order valence-electron chi connectivity index (χ1n) is 7.33. The third kappa shape index (κ3) is 3.30. The van der Waals surface area contributed by atoms with Gasteiger partial charge < -0.3 is 4.90 Å². The van der Waals surface area contributed by atoms with E-state index in [2.05, 4.69) is 59.0 Å². The molecule has 0 N–H and O–H groups in total. The van der Waals surface area contributed by atoms with Gasteiger partial charge in [-0.1, -0.05) is 42.1 Å². The minimum atomic E-state index is -0.000443. The van der Waals surface area contributed by atoms with Crippen molar-refractivity contribution in [3.63, 3.8) is 0 Å². The molecule has 21 heavy (non-hydrogen) atoms. The van der Waals surface area contributed by atoms with Crippen LogP contribution in [0, 0.1) is 0 Å². The van der Waals surface area contributed by atoms with Crippen molar-refractivity contribution in [2.45, 2.75) is 25.9 Å². The molecule has 2 aliphatic heterocycles. The molecule has 112 valence electrons. The third-order valence-electron chi connectivity index (χ3n) is 4.11. The van der Waals surface area contributed by atoms with Crippen LogP contribution in [0.3, 0.4) is 0 Å². The van der Waals surface area contributed by atoms with E-state index in [9.17, 15) is 4.79 Å². The van der Waals surface area contributed by atoms with Crippen molar-refractivity contribution in [3.8, 4) is 0 Å². The Hall–Kier alpha value is -1.33. The molecule has 1 aromatic carbocycles. The molecule has 0 unspecified atom stereocenters. The molecular weight excluding hydrogens is 282 g/mol. The number of amides is 1. The number of nitrogens with zero attached hydrogens (tertiary/aromatic N) is 3. The fourth-order valence-corrected chi connectivity index (χ4v) is 3.73. The summed E-state index contributed by atoms with van der Waals surface area (Å²) in [5.41, 5.74) is 1.42. The lowest BCUT2D eigenvalue weighted by Crippen LogP contribution is -2.59. The number of rotatable bonds is 2. The van der Waals surface area contributed by atoms with E-state index in [1.54, 1.807) is 11.8 Å². The lowest BCUT2D eigenvalue weighted by molar-refractivity contribution is -0.115. The van der Waals surface area contributed by atoms with E-state index < -0.39 is 0 Å². The SMILES string of the molecule is CC1(C)CN(C2=NC(=O)CS2)CCN1Cc1ccccc1. The van der Waals surface area contributed by atoms with Gasteiger partial charge in [-0.15, -0.1) is 0 Å². The number of carbonyl (C=O) groups is 1. The maximum atomic E-state index is 11.3. The number of piperazine rings is 1. The molecule has 1 fully saturated rings. The first kappa shape index (κ1) is 14.6. The Balaban J connectivity index is 1.68. The maximum Gasteiger partial charge on any atom is 0.258 e. The van der Waals surface area contributed by atoms with Gasteiger partial charge in [-0.3, -0.25) is 9.69 Å². The predicted molar refractivity (Wildman–Crippen MR) is 87.4 cm³/mol. The number of benzene rings is 1. The molecule has 0 aliphatic carbocycles. The minimum absolute atomic E-state index is 0.000443. The largest absolute Gasteiger partial charge is 0.348 e. The average Bonchev–Trinajstić information content (AvgIpc) is 2.89. The average molecular weight is 303 g/mol. The van der Waals surface area contributed by atoms with E-state index in [1.165, 1.54) is 5.56 Å². The van der Waals surface area contributed by atoms with Crippen LogP contribution in [-0.2, 0) is 11.3 Å². The summed E-state index contributed by atoms with van der Waals surface area (Å²) in [5.74, 6) is 0.500. The van der Waals surface area contributed by atoms with E-state index in [4.69, 9.17) is 0 Å². The summed E-state index contributed by atoms with van der Waals surface area (Å²) < 4.78 is 0.